The van der Waals surface area contributed by atoms with E-state index in [0.717, 1.165) is 31.5 Å². The molecule has 0 saturated carbocycles. The summed E-state index contributed by atoms with van der Waals surface area (Å²) in [4.78, 5) is 15.8. The summed E-state index contributed by atoms with van der Waals surface area (Å²) in [6.45, 7) is 4.49. The summed E-state index contributed by atoms with van der Waals surface area (Å²) in [7, 11) is 0. The highest BCUT2D eigenvalue weighted by Crippen LogP contribution is 2.11. The summed E-state index contributed by atoms with van der Waals surface area (Å²) in [5, 5.41) is 6.27. The van der Waals surface area contributed by atoms with Crippen LogP contribution in [0, 0.1) is 0 Å². The van der Waals surface area contributed by atoms with Crippen LogP contribution in [-0.4, -0.2) is 36.7 Å². The number of carbonyl (C=O) groups excluding carboxylic acids is 1. The summed E-state index contributed by atoms with van der Waals surface area (Å²) in [6.07, 6.45) is 6.27. The number of pyridine rings is 1. The first-order valence-corrected chi connectivity index (χ1v) is 7.27. The summed E-state index contributed by atoms with van der Waals surface area (Å²) < 4.78 is 5.73. The number of carbonyl (C=O) groups is 1. The molecule has 20 heavy (non-hydrogen) atoms. The minimum atomic E-state index is 0.00406. The van der Waals surface area contributed by atoms with Gasteiger partial charge in [0.2, 0.25) is 5.91 Å². The van der Waals surface area contributed by atoms with Crippen molar-refractivity contribution in [2.45, 2.75) is 38.3 Å². The molecule has 2 N–H and O–H groups in total. The van der Waals surface area contributed by atoms with Crippen molar-refractivity contribution in [3.63, 3.8) is 0 Å². The van der Waals surface area contributed by atoms with Gasteiger partial charge in [-0.3, -0.25) is 9.78 Å². The molecule has 1 amide bonds. The number of aromatic nitrogens is 1. The van der Waals surface area contributed by atoms with Crippen LogP contribution in [-0.2, 0) is 9.53 Å². The Kier molecular flexibility index (Phi) is 5.95. The Balaban J connectivity index is 1.65. The first kappa shape index (κ1) is 14.9. The highest BCUT2D eigenvalue weighted by Gasteiger charge is 2.14. The second-order valence-electron chi connectivity index (χ2n) is 5.14. The lowest BCUT2D eigenvalue weighted by Gasteiger charge is -2.23. The van der Waals surface area contributed by atoms with Crippen molar-refractivity contribution >= 4 is 5.91 Å². The predicted octanol–water partition coefficient (Wildman–Crippen LogP) is 1.42. The first-order valence-electron chi connectivity index (χ1n) is 7.27. The Hall–Kier alpha value is -1.46. The van der Waals surface area contributed by atoms with Gasteiger partial charge < -0.3 is 15.4 Å². The lowest BCUT2D eigenvalue weighted by atomic mass is 10.1. The highest BCUT2D eigenvalue weighted by molar-refractivity contribution is 5.76. The van der Waals surface area contributed by atoms with Crippen molar-refractivity contribution in [1.29, 1.82) is 0 Å². The quantitative estimate of drug-likeness (QED) is 0.825. The van der Waals surface area contributed by atoms with Gasteiger partial charge in [0.15, 0.2) is 0 Å². The zero-order valence-electron chi connectivity index (χ0n) is 12.0. The van der Waals surface area contributed by atoms with Gasteiger partial charge in [-0.15, -0.1) is 0 Å². The topological polar surface area (TPSA) is 63.2 Å². The molecule has 110 valence electrons. The molecule has 0 unspecified atom stereocenters. The molecule has 0 radical (unpaired) electrons. The Labute approximate surface area is 120 Å². The maximum absolute atomic E-state index is 11.8. The van der Waals surface area contributed by atoms with Crippen LogP contribution >= 0.6 is 0 Å². The number of hydrogen-bond donors (Lipinski definition) is 2. The van der Waals surface area contributed by atoms with Crippen molar-refractivity contribution in [2.24, 2.45) is 0 Å². The van der Waals surface area contributed by atoms with Gasteiger partial charge in [0, 0.05) is 18.8 Å². The second kappa shape index (κ2) is 7.97. The summed E-state index contributed by atoms with van der Waals surface area (Å²) in [5.74, 6) is 0.0308. The molecule has 1 aromatic heterocycles. The molecule has 2 rings (SSSR count). The molecule has 5 nitrogen and oxygen atoms in total. The summed E-state index contributed by atoms with van der Waals surface area (Å²) in [6, 6.07) is 3.83. The molecule has 1 fully saturated rings. The van der Waals surface area contributed by atoms with E-state index in [1.165, 1.54) is 0 Å². The largest absolute Gasteiger partial charge is 0.378 e. The molecule has 0 bridgehead atoms. The molecule has 1 aliphatic rings. The van der Waals surface area contributed by atoms with Crippen LogP contribution in [0.2, 0.25) is 0 Å². The summed E-state index contributed by atoms with van der Waals surface area (Å²) in [5.41, 5.74) is 1.06. The molecular formula is C15H23N3O2. The molecule has 0 aromatic carbocycles. The van der Waals surface area contributed by atoms with Crippen molar-refractivity contribution in [3.8, 4) is 0 Å². The van der Waals surface area contributed by atoms with E-state index in [1.54, 1.807) is 12.4 Å². The fraction of sp³-hybridized carbons (Fsp3) is 0.600. The smallest absolute Gasteiger partial charge is 0.222 e. The minimum Gasteiger partial charge on any atom is -0.378 e. The highest BCUT2D eigenvalue weighted by atomic mass is 16.5. The monoisotopic (exact) mass is 277 g/mol. The Bertz CT molecular complexity index is 405. The standard InChI is InChI=1S/C15H23N3O2/c1-12(13-2-7-16-8-3-13)18-15(19)6-11-20-14-4-9-17-10-5-14/h2-3,7-8,12,14,17H,4-6,9-11H2,1H3,(H,18,19)/t12-/m0/s1. The van der Waals surface area contributed by atoms with Crippen molar-refractivity contribution in [1.82, 2.24) is 15.6 Å². The SMILES string of the molecule is C[C@H](NC(=O)CCOC1CCNCC1)c1ccncc1. The molecule has 5 heteroatoms. The minimum absolute atomic E-state index is 0.00406. The van der Waals surface area contributed by atoms with E-state index in [1.807, 2.05) is 19.1 Å². The van der Waals surface area contributed by atoms with E-state index in [0.29, 0.717) is 19.1 Å². The molecule has 1 aromatic rings. The number of hydrogen-bond acceptors (Lipinski definition) is 4. The van der Waals surface area contributed by atoms with Crippen molar-refractivity contribution in [2.75, 3.05) is 19.7 Å². The number of piperidine rings is 1. The van der Waals surface area contributed by atoms with Crippen LogP contribution in [0.4, 0.5) is 0 Å². The molecule has 0 aliphatic carbocycles. The van der Waals surface area contributed by atoms with E-state index in [4.69, 9.17) is 4.74 Å². The molecular weight excluding hydrogens is 254 g/mol. The van der Waals surface area contributed by atoms with E-state index in [9.17, 15) is 4.79 Å². The fourth-order valence-electron chi connectivity index (χ4n) is 2.33. The fourth-order valence-corrected chi connectivity index (χ4v) is 2.33. The zero-order chi connectivity index (χ0) is 14.2. The van der Waals surface area contributed by atoms with Crippen LogP contribution in [0.25, 0.3) is 0 Å². The Morgan fingerprint density at radius 2 is 2.15 bits per heavy atom. The number of rotatable bonds is 6. The van der Waals surface area contributed by atoms with Crippen LogP contribution < -0.4 is 10.6 Å². The van der Waals surface area contributed by atoms with Crippen LogP contribution in [0.1, 0.15) is 37.8 Å². The molecule has 1 atom stereocenters. The van der Waals surface area contributed by atoms with Gasteiger partial charge in [-0.2, -0.15) is 0 Å². The van der Waals surface area contributed by atoms with E-state index >= 15 is 0 Å². The van der Waals surface area contributed by atoms with E-state index in [-0.39, 0.29) is 11.9 Å². The Morgan fingerprint density at radius 3 is 2.85 bits per heavy atom. The van der Waals surface area contributed by atoms with Gasteiger partial charge in [-0.25, -0.2) is 0 Å². The van der Waals surface area contributed by atoms with Gasteiger partial charge in [0.05, 0.1) is 18.8 Å². The number of amides is 1. The average Bonchev–Trinajstić information content (AvgIpc) is 2.49. The second-order valence-corrected chi connectivity index (χ2v) is 5.14. The maximum atomic E-state index is 11.8. The van der Waals surface area contributed by atoms with Crippen molar-refractivity contribution in [3.05, 3.63) is 30.1 Å². The van der Waals surface area contributed by atoms with Crippen LogP contribution in [0.15, 0.2) is 24.5 Å². The van der Waals surface area contributed by atoms with Gasteiger partial charge >= 0.3 is 0 Å². The number of nitrogens with zero attached hydrogens (tertiary/aromatic N) is 1. The number of ether oxygens (including phenoxy) is 1. The van der Waals surface area contributed by atoms with Gasteiger partial charge in [0.1, 0.15) is 0 Å². The average molecular weight is 277 g/mol. The van der Waals surface area contributed by atoms with Gasteiger partial charge in [0.25, 0.3) is 0 Å². The number of nitrogens with one attached hydrogen (secondary N) is 2. The van der Waals surface area contributed by atoms with Gasteiger partial charge in [-0.1, -0.05) is 0 Å². The zero-order valence-corrected chi connectivity index (χ0v) is 12.0. The third-order valence-electron chi connectivity index (χ3n) is 3.55. The predicted molar refractivity (Wildman–Crippen MR) is 77.3 cm³/mol. The molecule has 1 aliphatic heterocycles. The van der Waals surface area contributed by atoms with Gasteiger partial charge in [-0.05, 0) is 50.6 Å². The molecule has 0 spiro atoms. The lowest BCUT2D eigenvalue weighted by molar-refractivity contribution is -0.123. The summed E-state index contributed by atoms with van der Waals surface area (Å²) >= 11 is 0. The maximum Gasteiger partial charge on any atom is 0.222 e. The normalized spacial score (nSPS) is 17.6. The van der Waals surface area contributed by atoms with Crippen LogP contribution in [0.5, 0.6) is 0 Å². The van der Waals surface area contributed by atoms with E-state index < -0.39 is 0 Å². The Morgan fingerprint density at radius 1 is 1.45 bits per heavy atom. The van der Waals surface area contributed by atoms with Crippen molar-refractivity contribution < 1.29 is 9.53 Å². The third-order valence-corrected chi connectivity index (χ3v) is 3.55. The molecule has 2 heterocycles. The lowest BCUT2D eigenvalue weighted by Crippen LogP contribution is -2.33. The molecule has 1 saturated heterocycles. The van der Waals surface area contributed by atoms with E-state index in [2.05, 4.69) is 15.6 Å². The third kappa shape index (κ3) is 4.90. The first-order chi connectivity index (χ1) is 9.75. The van der Waals surface area contributed by atoms with Crippen LogP contribution in [0.3, 0.4) is 0 Å².